The molecule has 0 fully saturated rings. The van der Waals surface area contributed by atoms with Crippen LogP contribution in [0.4, 0.5) is 0 Å². The van der Waals surface area contributed by atoms with E-state index in [1.54, 1.807) is 12.1 Å². The molecule has 0 heterocycles. The fourth-order valence-electron chi connectivity index (χ4n) is 1.75. The minimum absolute atomic E-state index is 0.101. The third kappa shape index (κ3) is 6.14. The van der Waals surface area contributed by atoms with Gasteiger partial charge in [-0.3, -0.25) is 4.79 Å². The fourth-order valence-corrected chi connectivity index (χ4v) is 2.27. The lowest BCUT2D eigenvalue weighted by Gasteiger charge is -2.12. The molecular weight excluding hydrogens is 280 g/mol. The van der Waals surface area contributed by atoms with Crippen LogP contribution in [0.1, 0.15) is 25.3 Å². The maximum atomic E-state index is 11.1. The molecule has 4 N–H and O–H groups in total. The monoisotopic (exact) mass is 300 g/mol. The molecule has 0 spiro atoms. The van der Waals surface area contributed by atoms with Crippen LogP contribution in [0.25, 0.3) is 0 Å². The van der Waals surface area contributed by atoms with E-state index in [4.69, 9.17) is 10.2 Å². The van der Waals surface area contributed by atoms with Crippen molar-refractivity contribution < 1.29 is 18.3 Å². The second kappa shape index (κ2) is 7.37. The summed E-state index contributed by atoms with van der Waals surface area (Å²) in [5, 5.41) is 16.8. The Balaban J connectivity index is 2.37. The van der Waals surface area contributed by atoms with Crippen molar-refractivity contribution in [2.45, 2.75) is 37.1 Å². The first kappa shape index (κ1) is 16.6. The summed E-state index contributed by atoms with van der Waals surface area (Å²) in [6.07, 6.45) is 1.47. The molecule has 20 heavy (non-hydrogen) atoms. The van der Waals surface area contributed by atoms with E-state index < -0.39 is 16.0 Å². The van der Waals surface area contributed by atoms with Crippen molar-refractivity contribution in [1.82, 2.24) is 5.32 Å². The molecule has 0 aliphatic heterocycles. The minimum atomic E-state index is -3.64. The lowest BCUT2D eigenvalue weighted by atomic mass is 10.1. The summed E-state index contributed by atoms with van der Waals surface area (Å²) in [5.41, 5.74) is 0.996. The van der Waals surface area contributed by atoms with Crippen LogP contribution in [0.3, 0.4) is 0 Å². The number of carboxylic acid groups (broad SMARTS) is 1. The zero-order chi connectivity index (χ0) is 15.2. The largest absolute Gasteiger partial charge is 0.481 e. The molecule has 0 aliphatic carbocycles. The molecule has 0 radical (unpaired) electrons. The molecule has 0 amide bonds. The molecule has 0 aromatic heterocycles. The van der Waals surface area contributed by atoms with Crippen molar-refractivity contribution >= 4 is 16.0 Å². The Morgan fingerprint density at radius 3 is 2.45 bits per heavy atom. The third-order valence-electron chi connectivity index (χ3n) is 2.95. The molecule has 0 saturated heterocycles. The second-order valence-corrected chi connectivity index (χ2v) is 6.29. The lowest BCUT2D eigenvalue weighted by Crippen LogP contribution is -2.28. The van der Waals surface area contributed by atoms with Gasteiger partial charge in [-0.1, -0.05) is 12.1 Å². The highest BCUT2D eigenvalue weighted by atomic mass is 32.2. The van der Waals surface area contributed by atoms with Gasteiger partial charge in [-0.2, -0.15) is 0 Å². The Labute approximate surface area is 119 Å². The number of nitrogens with one attached hydrogen (secondary N) is 1. The van der Waals surface area contributed by atoms with Crippen LogP contribution >= 0.6 is 0 Å². The molecule has 6 nitrogen and oxygen atoms in total. The Hall–Kier alpha value is -1.44. The molecule has 1 aromatic carbocycles. The fraction of sp³-hybridized carbons (Fsp3) is 0.462. The number of primary sulfonamides is 1. The van der Waals surface area contributed by atoms with Gasteiger partial charge in [0, 0.05) is 12.5 Å². The first-order valence-electron chi connectivity index (χ1n) is 6.36. The second-order valence-electron chi connectivity index (χ2n) is 4.73. The van der Waals surface area contributed by atoms with Crippen LogP contribution < -0.4 is 10.5 Å². The van der Waals surface area contributed by atoms with Crippen LogP contribution in [-0.4, -0.2) is 32.1 Å². The van der Waals surface area contributed by atoms with E-state index >= 15 is 0 Å². The van der Waals surface area contributed by atoms with Gasteiger partial charge in [0.1, 0.15) is 0 Å². The Morgan fingerprint density at radius 2 is 1.95 bits per heavy atom. The van der Waals surface area contributed by atoms with Crippen LogP contribution in [0.15, 0.2) is 29.2 Å². The number of aliphatic carboxylic acids is 1. The van der Waals surface area contributed by atoms with Crippen molar-refractivity contribution in [3.05, 3.63) is 29.8 Å². The molecule has 1 aromatic rings. The smallest absolute Gasteiger partial charge is 0.303 e. The van der Waals surface area contributed by atoms with Crippen molar-refractivity contribution in [1.29, 1.82) is 0 Å². The summed E-state index contributed by atoms with van der Waals surface area (Å²) in [6, 6.07) is 6.55. The third-order valence-corrected chi connectivity index (χ3v) is 3.88. The summed E-state index contributed by atoms with van der Waals surface area (Å²) in [6.45, 7) is 2.64. The van der Waals surface area contributed by atoms with Crippen molar-refractivity contribution in [3.8, 4) is 0 Å². The first-order valence-corrected chi connectivity index (χ1v) is 7.90. The van der Waals surface area contributed by atoms with Gasteiger partial charge in [0.05, 0.1) is 4.90 Å². The van der Waals surface area contributed by atoms with Crippen LogP contribution in [-0.2, 0) is 21.2 Å². The molecule has 0 saturated carbocycles. The van der Waals surface area contributed by atoms with Gasteiger partial charge in [0.25, 0.3) is 0 Å². The van der Waals surface area contributed by atoms with E-state index in [9.17, 15) is 13.2 Å². The number of rotatable bonds is 8. The van der Waals surface area contributed by atoms with E-state index in [1.165, 1.54) is 12.1 Å². The molecule has 1 unspecified atom stereocenters. The molecule has 0 bridgehead atoms. The average Bonchev–Trinajstić information content (AvgIpc) is 2.36. The average molecular weight is 300 g/mol. The number of carbonyl (C=O) groups is 1. The molecule has 1 rings (SSSR count). The van der Waals surface area contributed by atoms with E-state index in [0.717, 1.165) is 12.0 Å². The number of benzene rings is 1. The predicted octanol–water partition coefficient (Wildman–Crippen LogP) is 0.719. The molecule has 112 valence electrons. The normalized spacial score (nSPS) is 13.1. The molecule has 1 atom stereocenters. The maximum absolute atomic E-state index is 11.1. The van der Waals surface area contributed by atoms with E-state index in [0.29, 0.717) is 13.0 Å². The van der Waals surface area contributed by atoms with Crippen molar-refractivity contribution in [2.24, 2.45) is 5.14 Å². The summed E-state index contributed by atoms with van der Waals surface area (Å²) in [7, 11) is -3.64. The zero-order valence-corrected chi connectivity index (χ0v) is 12.2. The minimum Gasteiger partial charge on any atom is -0.481 e. The van der Waals surface area contributed by atoms with E-state index in [-0.39, 0.29) is 17.4 Å². The number of nitrogens with two attached hydrogens (primary N) is 1. The quantitative estimate of drug-likeness (QED) is 0.655. The van der Waals surface area contributed by atoms with Gasteiger partial charge in [-0.05, 0) is 44.0 Å². The summed E-state index contributed by atoms with van der Waals surface area (Å²) < 4.78 is 22.2. The highest BCUT2D eigenvalue weighted by molar-refractivity contribution is 7.89. The van der Waals surface area contributed by atoms with Crippen LogP contribution in [0.5, 0.6) is 0 Å². The lowest BCUT2D eigenvalue weighted by molar-refractivity contribution is -0.137. The Morgan fingerprint density at radius 1 is 1.35 bits per heavy atom. The number of sulfonamides is 1. The summed E-state index contributed by atoms with van der Waals surface area (Å²) >= 11 is 0. The molecule has 7 heteroatoms. The van der Waals surface area contributed by atoms with Crippen molar-refractivity contribution in [3.63, 3.8) is 0 Å². The highest BCUT2D eigenvalue weighted by Crippen LogP contribution is 2.09. The zero-order valence-electron chi connectivity index (χ0n) is 11.4. The van der Waals surface area contributed by atoms with E-state index in [2.05, 4.69) is 5.32 Å². The molecular formula is C13H20N2O4S. The molecule has 0 aliphatic rings. The van der Waals surface area contributed by atoms with Gasteiger partial charge in [0.2, 0.25) is 10.0 Å². The van der Waals surface area contributed by atoms with Gasteiger partial charge >= 0.3 is 5.97 Å². The van der Waals surface area contributed by atoms with Gasteiger partial charge in [0.15, 0.2) is 0 Å². The summed E-state index contributed by atoms with van der Waals surface area (Å²) in [5.74, 6) is -0.794. The topological polar surface area (TPSA) is 109 Å². The summed E-state index contributed by atoms with van der Waals surface area (Å²) in [4.78, 5) is 10.5. The standard InChI is InChI=1S/C13H20N2O4S/c1-10(2-7-13(16)17)15-9-8-11-3-5-12(6-4-11)20(14,18)19/h3-6,10,15H,2,7-9H2,1H3,(H,16,17)(H2,14,18,19). The Kier molecular flexibility index (Phi) is 6.12. The van der Waals surface area contributed by atoms with Gasteiger partial charge in [-0.15, -0.1) is 0 Å². The number of hydrogen-bond acceptors (Lipinski definition) is 4. The predicted molar refractivity (Wildman–Crippen MR) is 75.9 cm³/mol. The SMILES string of the molecule is CC(CCC(=O)O)NCCc1ccc(S(N)(=O)=O)cc1. The maximum Gasteiger partial charge on any atom is 0.303 e. The highest BCUT2D eigenvalue weighted by Gasteiger charge is 2.07. The van der Waals surface area contributed by atoms with Gasteiger partial charge in [-0.25, -0.2) is 13.6 Å². The van der Waals surface area contributed by atoms with Gasteiger partial charge < -0.3 is 10.4 Å². The van der Waals surface area contributed by atoms with Crippen molar-refractivity contribution in [2.75, 3.05) is 6.54 Å². The van der Waals surface area contributed by atoms with E-state index in [1.807, 2.05) is 6.92 Å². The number of hydrogen-bond donors (Lipinski definition) is 3. The van der Waals surface area contributed by atoms with Crippen LogP contribution in [0.2, 0.25) is 0 Å². The first-order chi connectivity index (χ1) is 9.29. The Bertz CT molecular complexity index is 540. The number of carboxylic acids is 1. The van der Waals surface area contributed by atoms with Crippen LogP contribution in [0, 0.1) is 0 Å².